The van der Waals surface area contributed by atoms with Gasteiger partial charge < -0.3 is 14.1 Å². The van der Waals surface area contributed by atoms with Gasteiger partial charge in [0.25, 0.3) is 5.91 Å². The van der Waals surface area contributed by atoms with E-state index in [1.54, 1.807) is 47.1 Å². The van der Waals surface area contributed by atoms with E-state index in [-0.39, 0.29) is 12.5 Å². The van der Waals surface area contributed by atoms with E-state index in [9.17, 15) is 9.59 Å². The Balaban J connectivity index is 1.35. The topological polar surface area (TPSA) is 77.6 Å². The van der Waals surface area contributed by atoms with E-state index in [2.05, 4.69) is 5.10 Å². The molecule has 0 saturated carbocycles. The van der Waals surface area contributed by atoms with Crippen molar-refractivity contribution in [1.82, 2.24) is 14.7 Å². The maximum atomic E-state index is 12.4. The maximum absolute atomic E-state index is 12.4. The molecule has 4 aromatic rings. The Labute approximate surface area is 166 Å². The molecular weight excluding hydrogens is 370 g/mol. The molecule has 0 aliphatic carbocycles. The summed E-state index contributed by atoms with van der Waals surface area (Å²) in [5.74, 6) is 0.313. The van der Waals surface area contributed by atoms with Gasteiger partial charge in [-0.25, -0.2) is 9.48 Å². The summed E-state index contributed by atoms with van der Waals surface area (Å²) < 4.78 is 12.5. The van der Waals surface area contributed by atoms with Crippen LogP contribution in [-0.2, 0) is 11.3 Å². The van der Waals surface area contributed by atoms with E-state index in [1.807, 2.05) is 36.5 Å². The number of carbonyl (C=O) groups is 1. The fourth-order valence-corrected chi connectivity index (χ4v) is 2.92. The summed E-state index contributed by atoms with van der Waals surface area (Å²) in [4.78, 5) is 25.3. The summed E-state index contributed by atoms with van der Waals surface area (Å²) in [7, 11) is 1.73. The van der Waals surface area contributed by atoms with Gasteiger partial charge in [0.1, 0.15) is 11.3 Å². The number of rotatable bonds is 6. The van der Waals surface area contributed by atoms with E-state index in [0.717, 1.165) is 16.6 Å². The van der Waals surface area contributed by atoms with Gasteiger partial charge in [0.05, 0.1) is 5.69 Å². The number of likely N-dealkylation sites (N-methyl/N-ethyl adjacent to an activating group) is 1. The lowest BCUT2D eigenvalue weighted by molar-refractivity contribution is -0.132. The summed E-state index contributed by atoms with van der Waals surface area (Å²) >= 11 is 0. The van der Waals surface area contributed by atoms with Crippen molar-refractivity contribution in [2.75, 3.05) is 13.7 Å². The Hall–Kier alpha value is -3.87. The third kappa shape index (κ3) is 4.35. The standard InChI is InChI=1S/C22H19N3O4/c1-24(14-16-3-7-18(8-4-16)25-12-2-11-23-25)21(26)15-28-19-9-5-17-6-10-22(27)29-20(17)13-19/h2-13H,14-15H2,1H3. The van der Waals surface area contributed by atoms with Crippen molar-refractivity contribution < 1.29 is 13.9 Å². The lowest BCUT2D eigenvalue weighted by Gasteiger charge is -2.18. The van der Waals surface area contributed by atoms with E-state index >= 15 is 0 Å². The molecule has 2 aromatic carbocycles. The van der Waals surface area contributed by atoms with Gasteiger partial charge in [-0.05, 0) is 42.0 Å². The number of hydrogen-bond donors (Lipinski definition) is 0. The molecule has 0 fully saturated rings. The minimum atomic E-state index is -0.427. The van der Waals surface area contributed by atoms with Crippen molar-refractivity contribution in [3.05, 3.63) is 89.0 Å². The van der Waals surface area contributed by atoms with Gasteiger partial charge in [-0.1, -0.05) is 12.1 Å². The minimum absolute atomic E-state index is 0.107. The van der Waals surface area contributed by atoms with Gasteiger partial charge in [-0.3, -0.25) is 4.79 Å². The van der Waals surface area contributed by atoms with Crippen molar-refractivity contribution in [1.29, 1.82) is 0 Å². The number of fused-ring (bicyclic) bond motifs is 1. The summed E-state index contributed by atoms with van der Waals surface area (Å²) in [6.07, 6.45) is 3.60. The van der Waals surface area contributed by atoms with Crippen molar-refractivity contribution in [2.24, 2.45) is 0 Å². The van der Waals surface area contributed by atoms with Gasteiger partial charge in [-0.15, -0.1) is 0 Å². The number of nitrogens with zero attached hydrogens (tertiary/aromatic N) is 3. The van der Waals surface area contributed by atoms with Gasteiger partial charge in [0.15, 0.2) is 6.61 Å². The molecule has 0 N–H and O–H groups in total. The van der Waals surface area contributed by atoms with Gasteiger partial charge in [0.2, 0.25) is 0 Å². The average molecular weight is 389 g/mol. The number of benzene rings is 2. The lowest BCUT2D eigenvalue weighted by Crippen LogP contribution is -2.30. The Morgan fingerprint density at radius 2 is 1.93 bits per heavy atom. The molecule has 1 amide bonds. The van der Waals surface area contributed by atoms with Crippen molar-refractivity contribution in [2.45, 2.75) is 6.54 Å². The molecule has 7 nitrogen and oxygen atoms in total. The second-order valence-corrected chi connectivity index (χ2v) is 6.61. The van der Waals surface area contributed by atoms with Crippen LogP contribution in [-0.4, -0.2) is 34.2 Å². The zero-order valence-corrected chi connectivity index (χ0v) is 15.8. The number of hydrogen-bond acceptors (Lipinski definition) is 5. The first kappa shape index (κ1) is 18.5. The Morgan fingerprint density at radius 3 is 2.69 bits per heavy atom. The predicted octanol–water partition coefficient (Wildman–Crippen LogP) is 3.02. The molecule has 2 heterocycles. The first-order valence-electron chi connectivity index (χ1n) is 9.08. The fourth-order valence-electron chi connectivity index (χ4n) is 2.92. The Morgan fingerprint density at radius 1 is 1.14 bits per heavy atom. The first-order chi connectivity index (χ1) is 14.1. The summed E-state index contributed by atoms with van der Waals surface area (Å²) in [5.41, 5.74) is 1.96. The van der Waals surface area contributed by atoms with Crippen LogP contribution in [0.3, 0.4) is 0 Å². The van der Waals surface area contributed by atoms with Crippen LogP contribution in [0.25, 0.3) is 16.7 Å². The lowest BCUT2D eigenvalue weighted by atomic mass is 10.2. The fraction of sp³-hybridized carbons (Fsp3) is 0.136. The van der Waals surface area contributed by atoms with Crippen LogP contribution >= 0.6 is 0 Å². The van der Waals surface area contributed by atoms with Gasteiger partial charge in [-0.2, -0.15) is 5.10 Å². The second kappa shape index (κ2) is 8.02. The van der Waals surface area contributed by atoms with Crippen LogP contribution in [0.1, 0.15) is 5.56 Å². The highest BCUT2D eigenvalue weighted by Gasteiger charge is 2.11. The van der Waals surface area contributed by atoms with Crippen molar-refractivity contribution >= 4 is 16.9 Å². The highest BCUT2D eigenvalue weighted by atomic mass is 16.5. The van der Waals surface area contributed by atoms with Crippen LogP contribution in [0, 0.1) is 0 Å². The van der Waals surface area contributed by atoms with Gasteiger partial charge >= 0.3 is 5.63 Å². The molecule has 0 unspecified atom stereocenters. The molecule has 0 saturated heterocycles. The molecule has 0 aliphatic rings. The molecule has 2 aromatic heterocycles. The number of carbonyl (C=O) groups excluding carboxylic acids is 1. The van der Waals surface area contributed by atoms with E-state index in [1.165, 1.54) is 6.07 Å². The normalized spacial score (nSPS) is 10.8. The van der Waals surface area contributed by atoms with E-state index < -0.39 is 5.63 Å². The Bertz CT molecular complexity index is 1180. The predicted molar refractivity (Wildman–Crippen MR) is 108 cm³/mol. The van der Waals surface area contributed by atoms with Crippen molar-refractivity contribution in [3.63, 3.8) is 0 Å². The average Bonchev–Trinajstić information content (AvgIpc) is 3.27. The molecule has 0 bridgehead atoms. The molecule has 0 atom stereocenters. The number of amides is 1. The van der Waals surface area contributed by atoms with Gasteiger partial charge in [0, 0.05) is 43.5 Å². The molecule has 4 rings (SSSR count). The van der Waals surface area contributed by atoms with Crippen LogP contribution in [0.2, 0.25) is 0 Å². The highest BCUT2D eigenvalue weighted by Crippen LogP contribution is 2.19. The van der Waals surface area contributed by atoms with Crippen LogP contribution in [0.4, 0.5) is 0 Å². The summed E-state index contributed by atoms with van der Waals surface area (Å²) in [5, 5.41) is 4.98. The van der Waals surface area contributed by atoms with Crippen LogP contribution < -0.4 is 10.4 Å². The zero-order chi connectivity index (χ0) is 20.2. The smallest absolute Gasteiger partial charge is 0.336 e. The molecule has 146 valence electrons. The van der Waals surface area contributed by atoms with Crippen LogP contribution in [0.15, 0.2) is 82.3 Å². The second-order valence-electron chi connectivity index (χ2n) is 6.61. The molecule has 0 aliphatic heterocycles. The molecule has 0 spiro atoms. The monoisotopic (exact) mass is 389 g/mol. The van der Waals surface area contributed by atoms with Crippen molar-refractivity contribution in [3.8, 4) is 11.4 Å². The number of aromatic nitrogens is 2. The van der Waals surface area contributed by atoms with Crippen LogP contribution in [0.5, 0.6) is 5.75 Å². The SMILES string of the molecule is CN(Cc1ccc(-n2cccn2)cc1)C(=O)COc1ccc2ccc(=O)oc2c1. The largest absolute Gasteiger partial charge is 0.484 e. The summed E-state index contributed by atoms with van der Waals surface area (Å²) in [6, 6.07) is 17.9. The third-order valence-electron chi connectivity index (χ3n) is 4.51. The Kier molecular flexibility index (Phi) is 5.11. The minimum Gasteiger partial charge on any atom is -0.484 e. The molecular formula is C22H19N3O4. The highest BCUT2D eigenvalue weighted by molar-refractivity contribution is 5.79. The first-order valence-corrected chi connectivity index (χ1v) is 9.08. The molecule has 29 heavy (non-hydrogen) atoms. The molecule has 0 radical (unpaired) electrons. The maximum Gasteiger partial charge on any atom is 0.336 e. The van der Waals surface area contributed by atoms with E-state index in [0.29, 0.717) is 17.9 Å². The summed E-state index contributed by atoms with van der Waals surface area (Å²) in [6.45, 7) is 0.360. The zero-order valence-electron chi connectivity index (χ0n) is 15.8. The van der Waals surface area contributed by atoms with E-state index in [4.69, 9.17) is 9.15 Å². The molecule has 7 heteroatoms. The number of ether oxygens (including phenoxy) is 1. The third-order valence-corrected chi connectivity index (χ3v) is 4.51. The quantitative estimate of drug-likeness (QED) is 0.474.